The van der Waals surface area contributed by atoms with Crippen molar-refractivity contribution in [2.45, 2.75) is 51.5 Å². The summed E-state index contributed by atoms with van der Waals surface area (Å²) in [6.45, 7) is 16.0. The van der Waals surface area contributed by atoms with Gasteiger partial charge in [-0.15, -0.1) is 0 Å². The van der Waals surface area contributed by atoms with Crippen molar-refractivity contribution < 1.29 is 9.90 Å². The molecule has 2 aliphatic rings. The predicted molar refractivity (Wildman–Crippen MR) is 131 cm³/mol. The van der Waals surface area contributed by atoms with Gasteiger partial charge in [0.15, 0.2) is 5.54 Å². The van der Waals surface area contributed by atoms with Crippen molar-refractivity contribution in [1.82, 2.24) is 4.58 Å². The number of carboxylic acids is 1. The van der Waals surface area contributed by atoms with Crippen LogP contribution in [0.5, 0.6) is 0 Å². The Labute approximate surface area is 191 Å². The Hall–Kier alpha value is -2.88. The molecule has 1 aliphatic carbocycles. The van der Waals surface area contributed by atoms with Gasteiger partial charge in [-0.3, -0.25) is 4.79 Å². The minimum atomic E-state index is -0.760. The number of hydrogen-bond donors (Lipinski definition) is 1. The zero-order valence-electron chi connectivity index (χ0n) is 20.0. The van der Waals surface area contributed by atoms with E-state index in [4.69, 9.17) is 12.0 Å². The average Bonchev–Trinajstić information content (AvgIpc) is 2.69. The number of benzene rings is 2. The summed E-state index contributed by atoms with van der Waals surface area (Å²) in [6.07, 6.45) is 5.10. The van der Waals surface area contributed by atoms with Crippen LogP contribution in [0.3, 0.4) is 0 Å². The maximum Gasteiger partial charge on any atom is 0.303 e. The highest BCUT2D eigenvalue weighted by Crippen LogP contribution is 2.37. The fraction of sp³-hybridized carbons (Fsp3) is 0.393. The molecule has 1 N–H and O–H groups in total. The molecule has 0 aromatic heterocycles. The fourth-order valence-electron chi connectivity index (χ4n) is 5.17. The fourth-order valence-corrected chi connectivity index (χ4v) is 5.17. The van der Waals surface area contributed by atoms with E-state index in [1.54, 1.807) is 0 Å². The van der Waals surface area contributed by atoms with E-state index in [-0.39, 0.29) is 17.4 Å². The largest absolute Gasteiger partial charge is 0.481 e. The van der Waals surface area contributed by atoms with Crippen LogP contribution in [0.1, 0.15) is 62.8 Å². The number of nitrogens with zero attached hydrogens (tertiary/aromatic N) is 2. The number of aliphatic carboxylic acids is 1. The number of rotatable bonds is 5. The standard InChI is InChI=1S/C28H32N2O2/c1-18-17-27(2,3)30(12-8-9-26(31)32)25-16-24-20(14-22(18)25)13-19-10-11-21(29(6)7)15-23(19)28(24,4)5/h1,10-11,13-17H,8-9,12H2,2-7H3/p+1. The van der Waals surface area contributed by atoms with Gasteiger partial charge < -0.3 is 10.0 Å². The van der Waals surface area contributed by atoms with Crippen LogP contribution in [-0.2, 0) is 10.2 Å². The summed E-state index contributed by atoms with van der Waals surface area (Å²) in [4.78, 5) is 13.2. The van der Waals surface area contributed by atoms with Gasteiger partial charge in [0, 0.05) is 57.1 Å². The molecule has 0 saturated carbocycles. The van der Waals surface area contributed by atoms with Crippen LogP contribution in [0.2, 0.25) is 0 Å². The van der Waals surface area contributed by atoms with Crippen molar-refractivity contribution in [3.63, 3.8) is 0 Å². The van der Waals surface area contributed by atoms with Gasteiger partial charge in [-0.2, -0.15) is 0 Å². The Morgan fingerprint density at radius 3 is 2.47 bits per heavy atom. The summed E-state index contributed by atoms with van der Waals surface area (Å²) in [5, 5.41) is 11.4. The minimum Gasteiger partial charge on any atom is -0.481 e. The Bertz CT molecular complexity index is 1260. The van der Waals surface area contributed by atoms with Crippen molar-refractivity contribution >= 4 is 23.3 Å². The third kappa shape index (κ3) is 3.66. The van der Waals surface area contributed by atoms with Crippen LogP contribution in [-0.4, -0.2) is 37.3 Å². The van der Waals surface area contributed by atoms with E-state index in [0.29, 0.717) is 13.0 Å². The highest BCUT2D eigenvalue weighted by Gasteiger charge is 2.36. The second-order valence-corrected chi connectivity index (χ2v) is 10.3. The lowest BCUT2D eigenvalue weighted by atomic mass is 9.71. The summed E-state index contributed by atoms with van der Waals surface area (Å²) < 4.78 is 2.31. The Kier molecular flexibility index (Phi) is 5.31. The van der Waals surface area contributed by atoms with Crippen LogP contribution in [0.25, 0.3) is 11.6 Å². The SMILES string of the molecule is [CH]C1=CC(C)(C)[N+](CCCC(=O)O)=c2cc3c(cc21)=Cc1ccc(N(C)C)cc1C3(C)C. The van der Waals surface area contributed by atoms with E-state index < -0.39 is 5.97 Å². The zero-order chi connectivity index (χ0) is 23.4. The molecule has 1 aliphatic heterocycles. The zero-order valence-corrected chi connectivity index (χ0v) is 20.0. The summed E-state index contributed by atoms with van der Waals surface area (Å²) >= 11 is 0. The van der Waals surface area contributed by atoms with Crippen molar-refractivity contribution in [2.75, 3.05) is 25.5 Å². The maximum atomic E-state index is 11.1. The van der Waals surface area contributed by atoms with Gasteiger partial charge in [-0.05, 0) is 64.8 Å². The van der Waals surface area contributed by atoms with Crippen LogP contribution >= 0.6 is 0 Å². The van der Waals surface area contributed by atoms with E-state index >= 15 is 0 Å². The molecule has 0 spiro atoms. The third-order valence-corrected chi connectivity index (χ3v) is 6.96. The lowest BCUT2D eigenvalue weighted by molar-refractivity contribution is -0.137. The monoisotopic (exact) mass is 429 g/mol. The molecule has 0 fully saturated rings. The topological polar surface area (TPSA) is 43.6 Å². The summed E-state index contributed by atoms with van der Waals surface area (Å²) in [5.74, 6) is -0.760. The second kappa shape index (κ2) is 7.61. The quantitative estimate of drug-likeness (QED) is 0.741. The Balaban J connectivity index is 1.97. The molecule has 0 unspecified atom stereocenters. The summed E-state index contributed by atoms with van der Waals surface area (Å²) in [5.41, 5.74) is 6.36. The van der Waals surface area contributed by atoms with E-state index in [0.717, 1.165) is 16.5 Å². The average molecular weight is 430 g/mol. The molecule has 0 atom stereocenters. The van der Waals surface area contributed by atoms with Gasteiger partial charge >= 0.3 is 5.97 Å². The molecule has 0 amide bonds. The van der Waals surface area contributed by atoms with Crippen LogP contribution < -0.4 is 20.1 Å². The lowest BCUT2D eigenvalue weighted by Gasteiger charge is -2.33. The van der Waals surface area contributed by atoms with Gasteiger partial charge in [-0.25, -0.2) is 4.58 Å². The molecular formula is C28H33N2O2+. The van der Waals surface area contributed by atoms with Gasteiger partial charge in [0.1, 0.15) is 6.54 Å². The number of carboxylic acid groups (broad SMARTS) is 1. The first-order chi connectivity index (χ1) is 14.9. The minimum absolute atomic E-state index is 0.159. The van der Waals surface area contributed by atoms with Crippen molar-refractivity contribution in [3.05, 3.63) is 76.2 Å². The Morgan fingerprint density at radius 2 is 1.81 bits per heavy atom. The van der Waals surface area contributed by atoms with Crippen molar-refractivity contribution in [2.24, 2.45) is 0 Å². The molecule has 1 heterocycles. The molecule has 166 valence electrons. The first-order valence-electron chi connectivity index (χ1n) is 11.2. The number of anilines is 1. The van der Waals surface area contributed by atoms with E-state index in [2.05, 4.69) is 93.7 Å². The molecular weight excluding hydrogens is 396 g/mol. The molecule has 2 aromatic rings. The van der Waals surface area contributed by atoms with E-state index in [1.165, 1.54) is 27.6 Å². The molecule has 32 heavy (non-hydrogen) atoms. The molecule has 0 saturated heterocycles. The Morgan fingerprint density at radius 1 is 1.09 bits per heavy atom. The number of carbonyl (C=O) groups is 1. The molecule has 4 rings (SSSR count). The lowest BCUT2D eigenvalue weighted by Crippen LogP contribution is -2.50. The van der Waals surface area contributed by atoms with Crippen molar-refractivity contribution in [3.8, 4) is 0 Å². The third-order valence-electron chi connectivity index (χ3n) is 6.96. The smallest absolute Gasteiger partial charge is 0.303 e. The van der Waals surface area contributed by atoms with Gasteiger partial charge in [0.2, 0.25) is 5.36 Å². The van der Waals surface area contributed by atoms with Crippen LogP contribution in [0.4, 0.5) is 5.69 Å². The highest BCUT2D eigenvalue weighted by atomic mass is 16.4. The van der Waals surface area contributed by atoms with Gasteiger partial charge in [0.25, 0.3) is 0 Å². The second-order valence-electron chi connectivity index (χ2n) is 10.3. The first kappa shape index (κ1) is 22.3. The molecule has 2 radical (unpaired) electrons. The molecule has 0 bridgehead atoms. The van der Waals surface area contributed by atoms with Gasteiger partial charge in [0.05, 0.1) is 6.42 Å². The maximum absolute atomic E-state index is 11.1. The number of allylic oxidation sites excluding steroid dienone is 1. The van der Waals surface area contributed by atoms with Gasteiger partial charge in [-0.1, -0.05) is 19.9 Å². The van der Waals surface area contributed by atoms with Crippen LogP contribution in [0.15, 0.2) is 36.4 Å². The predicted octanol–water partition coefficient (Wildman–Crippen LogP) is 3.46. The molecule has 4 nitrogen and oxygen atoms in total. The summed E-state index contributed by atoms with van der Waals surface area (Å²) in [6, 6.07) is 11.2. The molecule has 2 aromatic carbocycles. The summed E-state index contributed by atoms with van der Waals surface area (Å²) in [7, 11) is 4.13. The van der Waals surface area contributed by atoms with Crippen molar-refractivity contribution in [1.29, 1.82) is 0 Å². The molecule has 4 heteroatoms. The normalized spacial score (nSPS) is 17.5. The van der Waals surface area contributed by atoms with E-state index in [1.807, 2.05) is 0 Å². The number of fused-ring (bicyclic) bond motifs is 3. The van der Waals surface area contributed by atoms with Crippen LogP contribution in [0, 0.1) is 6.92 Å². The van der Waals surface area contributed by atoms with E-state index in [9.17, 15) is 4.79 Å². The first-order valence-corrected chi connectivity index (χ1v) is 11.2. The number of hydrogen-bond acceptors (Lipinski definition) is 2. The highest BCUT2D eigenvalue weighted by molar-refractivity contribution is 5.74.